The molecule has 3 aromatic rings. The Morgan fingerprint density at radius 2 is 1.88 bits per heavy atom. The summed E-state index contributed by atoms with van der Waals surface area (Å²) in [6.45, 7) is 2.30. The molecule has 11 heteroatoms. The van der Waals surface area contributed by atoms with Crippen LogP contribution in [-0.2, 0) is 17.9 Å². The van der Waals surface area contributed by atoms with Crippen molar-refractivity contribution in [3.63, 3.8) is 0 Å². The summed E-state index contributed by atoms with van der Waals surface area (Å²) >= 11 is 0. The fraction of sp³-hybridized carbons (Fsp3) is 0.391. The smallest absolute Gasteiger partial charge is 0.306 e. The number of nitrogens with one attached hydrogen (secondary N) is 1. The first-order valence-electron chi connectivity index (χ1n) is 11.0. The fourth-order valence-electron chi connectivity index (χ4n) is 4.10. The van der Waals surface area contributed by atoms with Crippen molar-refractivity contribution in [2.45, 2.75) is 45.7 Å². The van der Waals surface area contributed by atoms with Gasteiger partial charge in [0.05, 0.1) is 12.5 Å². The van der Waals surface area contributed by atoms with E-state index in [0.29, 0.717) is 42.0 Å². The Balaban J connectivity index is 1.41. The molecule has 34 heavy (non-hydrogen) atoms. The number of aromatic nitrogens is 5. The van der Waals surface area contributed by atoms with Gasteiger partial charge in [0, 0.05) is 17.8 Å². The number of hydrogen-bond acceptors (Lipinski definition) is 6. The molecule has 1 aliphatic carbocycles. The maximum absolute atomic E-state index is 13.4. The first-order valence-corrected chi connectivity index (χ1v) is 11.0. The number of aliphatic carboxylic acids is 1. The van der Waals surface area contributed by atoms with Crippen molar-refractivity contribution in [3.05, 3.63) is 58.9 Å². The molecule has 0 saturated heterocycles. The summed E-state index contributed by atoms with van der Waals surface area (Å²) in [5.74, 6) is -2.79. The molecule has 0 bridgehead atoms. The third kappa shape index (κ3) is 5.59. The number of rotatable bonds is 7. The average molecular weight is 470 g/mol. The number of amides is 1. The van der Waals surface area contributed by atoms with Gasteiger partial charge in [-0.2, -0.15) is 4.80 Å². The highest BCUT2D eigenvalue weighted by Crippen LogP contribution is 2.29. The molecule has 1 aromatic carbocycles. The zero-order chi connectivity index (χ0) is 24.2. The van der Waals surface area contributed by atoms with E-state index in [-0.39, 0.29) is 24.1 Å². The van der Waals surface area contributed by atoms with Gasteiger partial charge in [0.1, 0.15) is 5.69 Å². The van der Waals surface area contributed by atoms with Crippen molar-refractivity contribution in [2.75, 3.05) is 0 Å². The summed E-state index contributed by atoms with van der Waals surface area (Å²) in [6.07, 6.45) is 2.89. The van der Waals surface area contributed by atoms with Gasteiger partial charge < -0.3 is 10.4 Å². The van der Waals surface area contributed by atoms with E-state index in [1.54, 1.807) is 19.1 Å². The number of nitrogens with zero attached hydrogens (tertiary/aromatic N) is 5. The summed E-state index contributed by atoms with van der Waals surface area (Å²) in [5.41, 5.74) is 1.72. The van der Waals surface area contributed by atoms with E-state index in [0.717, 1.165) is 25.0 Å². The predicted octanol–water partition coefficient (Wildman–Crippen LogP) is 3.14. The summed E-state index contributed by atoms with van der Waals surface area (Å²) < 4.78 is 26.5. The number of carboxylic acid groups (broad SMARTS) is 1. The molecule has 1 saturated carbocycles. The van der Waals surface area contributed by atoms with Gasteiger partial charge in [-0.1, -0.05) is 6.07 Å². The minimum absolute atomic E-state index is 0.0134. The monoisotopic (exact) mass is 470 g/mol. The minimum atomic E-state index is -0.980. The molecule has 0 radical (unpaired) electrons. The number of carbonyl (C=O) groups is 2. The SMILES string of the molecule is Cc1cc(-c2nnn(CC3CCC(C(=O)O)CC3)n2)cc(C(=O)NCc2ccc(F)c(F)c2)n1. The highest BCUT2D eigenvalue weighted by molar-refractivity contribution is 5.93. The standard InChI is InChI=1S/C23H24F2N6O3/c1-13-8-17(10-20(27-13)22(32)26-11-15-4-7-18(24)19(25)9-15)21-28-30-31(29-21)12-14-2-5-16(6-3-14)23(33)34/h4,7-10,14,16H,2-3,5-6,11-12H2,1H3,(H,26,32)(H,33,34). The molecule has 0 atom stereocenters. The second-order valence-corrected chi connectivity index (χ2v) is 8.54. The third-order valence-electron chi connectivity index (χ3n) is 5.95. The van der Waals surface area contributed by atoms with Crippen LogP contribution in [0.25, 0.3) is 11.4 Å². The van der Waals surface area contributed by atoms with Gasteiger partial charge in [0.2, 0.25) is 5.82 Å². The number of benzene rings is 1. The highest BCUT2D eigenvalue weighted by Gasteiger charge is 2.26. The molecule has 1 amide bonds. The second-order valence-electron chi connectivity index (χ2n) is 8.54. The molecule has 2 N–H and O–H groups in total. The van der Waals surface area contributed by atoms with E-state index < -0.39 is 23.5 Å². The van der Waals surface area contributed by atoms with Gasteiger partial charge in [0.25, 0.3) is 5.91 Å². The quantitative estimate of drug-likeness (QED) is 0.544. The summed E-state index contributed by atoms with van der Waals surface area (Å²) in [5, 5.41) is 24.4. The highest BCUT2D eigenvalue weighted by atomic mass is 19.2. The first kappa shape index (κ1) is 23.4. The Labute approximate surface area is 194 Å². The average Bonchev–Trinajstić information content (AvgIpc) is 3.28. The van der Waals surface area contributed by atoms with Gasteiger partial charge in [-0.3, -0.25) is 9.59 Å². The number of hydrogen-bond donors (Lipinski definition) is 2. The van der Waals surface area contributed by atoms with Gasteiger partial charge in [0.15, 0.2) is 11.6 Å². The Bertz CT molecular complexity index is 1210. The molecule has 1 fully saturated rings. The lowest BCUT2D eigenvalue weighted by molar-refractivity contribution is -0.143. The Kier molecular flexibility index (Phi) is 6.90. The van der Waals surface area contributed by atoms with Crippen LogP contribution < -0.4 is 5.32 Å². The third-order valence-corrected chi connectivity index (χ3v) is 5.95. The van der Waals surface area contributed by atoms with Crippen molar-refractivity contribution < 1.29 is 23.5 Å². The fourth-order valence-corrected chi connectivity index (χ4v) is 4.10. The molecule has 1 aliphatic rings. The zero-order valence-corrected chi connectivity index (χ0v) is 18.5. The summed E-state index contributed by atoms with van der Waals surface area (Å²) in [4.78, 5) is 29.5. The van der Waals surface area contributed by atoms with Crippen LogP contribution in [0.3, 0.4) is 0 Å². The van der Waals surface area contributed by atoms with E-state index in [4.69, 9.17) is 5.11 Å². The van der Waals surface area contributed by atoms with Crippen LogP contribution >= 0.6 is 0 Å². The lowest BCUT2D eigenvalue weighted by Gasteiger charge is -2.25. The minimum Gasteiger partial charge on any atom is -0.481 e. The predicted molar refractivity (Wildman–Crippen MR) is 116 cm³/mol. The van der Waals surface area contributed by atoms with Crippen LogP contribution in [0.1, 0.15) is 47.4 Å². The Morgan fingerprint density at radius 1 is 1.12 bits per heavy atom. The Hall–Kier alpha value is -3.76. The molecule has 0 spiro atoms. The molecule has 0 aliphatic heterocycles. The molecule has 2 heterocycles. The van der Waals surface area contributed by atoms with E-state index in [1.807, 2.05) is 0 Å². The van der Waals surface area contributed by atoms with Gasteiger partial charge in [-0.25, -0.2) is 13.8 Å². The number of pyridine rings is 1. The van der Waals surface area contributed by atoms with Gasteiger partial charge >= 0.3 is 5.97 Å². The maximum Gasteiger partial charge on any atom is 0.306 e. The summed E-state index contributed by atoms with van der Waals surface area (Å²) in [7, 11) is 0. The Morgan fingerprint density at radius 3 is 2.59 bits per heavy atom. The molecule has 178 valence electrons. The number of carbonyl (C=O) groups excluding carboxylic acids is 1. The normalized spacial score (nSPS) is 18.0. The number of halogens is 2. The van der Waals surface area contributed by atoms with E-state index in [9.17, 15) is 18.4 Å². The van der Waals surface area contributed by atoms with E-state index in [2.05, 4.69) is 25.7 Å². The van der Waals surface area contributed by atoms with Crippen molar-refractivity contribution >= 4 is 11.9 Å². The van der Waals surface area contributed by atoms with Gasteiger partial charge in [-0.15, -0.1) is 10.2 Å². The lowest BCUT2D eigenvalue weighted by Crippen LogP contribution is -2.24. The zero-order valence-electron chi connectivity index (χ0n) is 18.5. The van der Waals surface area contributed by atoms with Crippen molar-refractivity contribution in [1.82, 2.24) is 30.5 Å². The molecular formula is C23H24F2N6O3. The molecule has 2 aromatic heterocycles. The van der Waals surface area contributed by atoms with Crippen molar-refractivity contribution in [2.24, 2.45) is 11.8 Å². The number of aryl methyl sites for hydroxylation is 1. The van der Waals surface area contributed by atoms with Crippen molar-refractivity contribution in [1.29, 1.82) is 0 Å². The van der Waals surface area contributed by atoms with Crippen LogP contribution in [0.4, 0.5) is 8.78 Å². The molecule has 0 unspecified atom stereocenters. The van der Waals surface area contributed by atoms with Crippen LogP contribution in [0.15, 0.2) is 30.3 Å². The number of carboxylic acids is 1. The van der Waals surface area contributed by atoms with Crippen LogP contribution in [0.2, 0.25) is 0 Å². The molecule has 4 rings (SSSR count). The second kappa shape index (κ2) is 10.0. The first-order chi connectivity index (χ1) is 16.3. The van der Waals surface area contributed by atoms with Crippen LogP contribution in [0.5, 0.6) is 0 Å². The van der Waals surface area contributed by atoms with Gasteiger partial charge in [-0.05, 0) is 73.6 Å². The molecular weight excluding hydrogens is 446 g/mol. The summed E-state index contributed by atoms with van der Waals surface area (Å²) in [6, 6.07) is 6.72. The largest absolute Gasteiger partial charge is 0.481 e. The van der Waals surface area contributed by atoms with Crippen LogP contribution in [0, 0.1) is 30.4 Å². The van der Waals surface area contributed by atoms with E-state index in [1.165, 1.54) is 10.9 Å². The van der Waals surface area contributed by atoms with Crippen LogP contribution in [-0.4, -0.2) is 42.2 Å². The topological polar surface area (TPSA) is 123 Å². The maximum atomic E-state index is 13.4. The lowest BCUT2D eigenvalue weighted by atomic mass is 9.82. The van der Waals surface area contributed by atoms with Crippen molar-refractivity contribution in [3.8, 4) is 11.4 Å². The number of tetrazole rings is 1. The van der Waals surface area contributed by atoms with E-state index >= 15 is 0 Å². The molecule has 9 nitrogen and oxygen atoms in total.